The SMILES string of the molecule is CN=C(NCCCc1cn(-c2ccccc2)nc1C)NC1CCN(Cc2ccccc2)CC1.I. The number of para-hydroxylation sites is 1. The van der Waals surface area contributed by atoms with E-state index in [-0.39, 0.29) is 24.0 Å². The van der Waals surface area contributed by atoms with Gasteiger partial charge in [0.2, 0.25) is 0 Å². The molecule has 1 fully saturated rings. The molecule has 0 spiro atoms. The number of benzene rings is 2. The first-order valence-corrected chi connectivity index (χ1v) is 12.1. The number of rotatable bonds is 8. The van der Waals surface area contributed by atoms with Gasteiger partial charge >= 0.3 is 0 Å². The zero-order valence-corrected chi connectivity index (χ0v) is 22.6. The van der Waals surface area contributed by atoms with Gasteiger partial charge < -0.3 is 10.6 Å². The molecule has 0 aliphatic carbocycles. The quantitative estimate of drug-likeness (QED) is 0.180. The summed E-state index contributed by atoms with van der Waals surface area (Å²) in [5.41, 5.74) is 4.90. The molecule has 1 aromatic heterocycles. The van der Waals surface area contributed by atoms with Gasteiger partial charge in [0, 0.05) is 45.5 Å². The molecule has 1 saturated heterocycles. The van der Waals surface area contributed by atoms with Crippen molar-refractivity contribution in [3.05, 3.63) is 83.7 Å². The van der Waals surface area contributed by atoms with Crippen LogP contribution in [0.5, 0.6) is 0 Å². The summed E-state index contributed by atoms with van der Waals surface area (Å²) in [4.78, 5) is 6.98. The van der Waals surface area contributed by atoms with Gasteiger partial charge in [-0.1, -0.05) is 48.5 Å². The lowest BCUT2D eigenvalue weighted by Crippen LogP contribution is -2.48. The standard InChI is InChI=1S/C27H36N6.HI/c1-22-24(21-33(31-22)26-13-7-4-8-14-26)12-9-17-29-27(28-2)30-25-15-18-32(19-16-25)20-23-10-5-3-6-11-23;/h3-8,10-11,13-14,21,25H,9,12,15-20H2,1-2H3,(H2,28,29,30);1H. The molecule has 4 rings (SSSR count). The molecule has 2 heterocycles. The highest BCUT2D eigenvalue weighted by Gasteiger charge is 2.20. The summed E-state index contributed by atoms with van der Waals surface area (Å²) in [7, 11) is 1.86. The van der Waals surface area contributed by atoms with Crippen LogP contribution in [0.3, 0.4) is 0 Å². The topological polar surface area (TPSA) is 57.5 Å². The highest BCUT2D eigenvalue weighted by Crippen LogP contribution is 2.15. The third-order valence-electron chi connectivity index (χ3n) is 6.34. The number of piperidine rings is 1. The Morgan fingerprint density at radius 2 is 1.71 bits per heavy atom. The van der Waals surface area contributed by atoms with Gasteiger partial charge in [-0.25, -0.2) is 4.68 Å². The van der Waals surface area contributed by atoms with Crippen molar-refractivity contribution >= 4 is 29.9 Å². The number of aryl methyl sites for hydroxylation is 2. The van der Waals surface area contributed by atoms with E-state index in [9.17, 15) is 0 Å². The van der Waals surface area contributed by atoms with E-state index in [1.165, 1.54) is 11.1 Å². The van der Waals surface area contributed by atoms with Crippen LogP contribution >= 0.6 is 24.0 Å². The summed E-state index contributed by atoms with van der Waals surface area (Å²) < 4.78 is 1.97. The van der Waals surface area contributed by atoms with Crippen LogP contribution in [-0.4, -0.2) is 53.4 Å². The first-order valence-electron chi connectivity index (χ1n) is 12.1. The number of nitrogens with zero attached hydrogens (tertiary/aromatic N) is 4. The maximum Gasteiger partial charge on any atom is 0.191 e. The van der Waals surface area contributed by atoms with Crippen LogP contribution in [0.25, 0.3) is 5.69 Å². The molecule has 6 nitrogen and oxygen atoms in total. The number of aliphatic imine (C=N–C) groups is 1. The number of hydrogen-bond donors (Lipinski definition) is 2. The average molecular weight is 573 g/mol. The van der Waals surface area contributed by atoms with Gasteiger partial charge in [0.15, 0.2) is 5.96 Å². The molecule has 182 valence electrons. The number of likely N-dealkylation sites (tertiary alicyclic amines) is 1. The molecule has 0 radical (unpaired) electrons. The molecule has 3 aromatic rings. The Balaban J connectivity index is 0.00000324. The van der Waals surface area contributed by atoms with Crippen molar-refractivity contribution < 1.29 is 0 Å². The van der Waals surface area contributed by atoms with Gasteiger partial charge in [0.25, 0.3) is 0 Å². The van der Waals surface area contributed by atoms with Crippen molar-refractivity contribution in [1.29, 1.82) is 0 Å². The van der Waals surface area contributed by atoms with Crippen LogP contribution in [0.4, 0.5) is 0 Å². The van der Waals surface area contributed by atoms with E-state index in [0.717, 1.165) is 69.2 Å². The lowest BCUT2D eigenvalue weighted by Gasteiger charge is -2.33. The number of guanidine groups is 1. The third-order valence-corrected chi connectivity index (χ3v) is 6.34. The van der Waals surface area contributed by atoms with E-state index in [4.69, 9.17) is 0 Å². The fourth-order valence-corrected chi connectivity index (χ4v) is 4.40. The van der Waals surface area contributed by atoms with E-state index in [2.05, 4.69) is 81.2 Å². The number of nitrogens with one attached hydrogen (secondary N) is 2. The molecular formula is C27H37IN6. The minimum atomic E-state index is 0. The van der Waals surface area contributed by atoms with E-state index < -0.39 is 0 Å². The highest BCUT2D eigenvalue weighted by atomic mass is 127. The number of hydrogen-bond acceptors (Lipinski definition) is 3. The summed E-state index contributed by atoms with van der Waals surface area (Å²) in [6.45, 7) is 6.26. The van der Waals surface area contributed by atoms with Crippen LogP contribution in [0, 0.1) is 6.92 Å². The fraction of sp³-hybridized carbons (Fsp3) is 0.407. The Labute approximate surface area is 220 Å². The summed E-state index contributed by atoms with van der Waals surface area (Å²) in [5, 5.41) is 11.8. The Kier molecular flexibility index (Phi) is 10.4. The lowest BCUT2D eigenvalue weighted by molar-refractivity contribution is 0.198. The second kappa shape index (κ2) is 13.5. The summed E-state index contributed by atoms with van der Waals surface area (Å²) >= 11 is 0. The molecule has 1 aliphatic rings. The largest absolute Gasteiger partial charge is 0.356 e. The Morgan fingerprint density at radius 1 is 1.03 bits per heavy atom. The molecule has 1 aliphatic heterocycles. The van der Waals surface area contributed by atoms with Crippen LogP contribution in [0.1, 0.15) is 36.1 Å². The Morgan fingerprint density at radius 3 is 2.38 bits per heavy atom. The van der Waals surface area contributed by atoms with Crippen molar-refractivity contribution in [2.45, 2.75) is 45.2 Å². The predicted octanol–water partition coefficient (Wildman–Crippen LogP) is 4.56. The molecule has 0 bridgehead atoms. The summed E-state index contributed by atoms with van der Waals surface area (Å²) in [6, 6.07) is 21.5. The van der Waals surface area contributed by atoms with Crippen molar-refractivity contribution in [2.75, 3.05) is 26.7 Å². The smallest absolute Gasteiger partial charge is 0.191 e. The molecule has 0 unspecified atom stereocenters. The maximum atomic E-state index is 4.68. The minimum absolute atomic E-state index is 0. The molecule has 2 N–H and O–H groups in total. The monoisotopic (exact) mass is 572 g/mol. The zero-order valence-electron chi connectivity index (χ0n) is 20.3. The predicted molar refractivity (Wildman–Crippen MR) is 151 cm³/mol. The van der Waals surface area contributed by atoms with Crippen molar-refractivity contribution in [2.24, 2.45) is 4.99 Å². The molecule has 7 heteroatoms. The van der Waals surface area contributed by atoms with Crippen molar-refractivity contribution in [3.8, 4) is 5.69 Å². The Bertz CT molecular complexity index is 1010. The highest BCUT2D eigenvalue weighted by molar-refractivity contribution is 14.0. The van der Waals surface area contributed by atoms with Gasteiger partial charge in [-0.3, -0.25) is 9.89 Å². The van der Waals surface area contributed by atoms with Gasteiger partial charge in [-0.05, 0) is 55.9 Å². The first kappa shape index (κ1) is 26.2. The maximum absolute atomic E-state index is 4.68. The van der Waals surface area contributed by atoms with Gasteiger partial charge in [-0.15, -0.1) is 24.0 Å². The first-order chi connectivity index (χ1) is 16.2. The van der Waals surface area contributed by atoms with Crippen LogP contribution in [0.15, 0.2) is 71.9 Å². The van der Waals surface area contributed by atoms with Gasteiger partial charge in [0.1, 0.15) is 0 Å². The normalized spacial score (nSPS) is 15.1. The summed E-state index contributed by atoms with van der Waals surface area (Å²) in [5.74, 6) is 0.910. The van der Waals surface area contributed by atoms with Crippen LogP contribution in [0.2, 0.25) is 0 Å². The third kappa shape index (κ3) is 7.56. The second-order valence-electron chi connectivity index (χ2n) is 8.80. The average Bonchev–Trinajstić information content (AvgIpc) is 3.23. The van der Waals surface area contributed by atoms with Gasteiger partial charge in [-0.2, -0.15) is 5.10 Å². The van der Waals surface area contributed by atoms with E-state index >= 15 is 0 Å². The van der Waals surface area contributed by atoms with E-state index in [1.54, 1.807) is 0 Å². The van der Waals surface area contributed by atoms with Crippen molar-refractivity contribution in [3.63, 3.8) is 0 Å². The second-order valence-corrected chi connectivity index (χ2v) is 8.80. The van der Waals surface area contributed by atoms with E-state index in [1.807, 2.05) is 29.9 Å². The van der Waals surface area contributed by atoms with Crippen molar-refractivity contribution in [1.82, 2.24) is 25.3 Å². The Hall–Kier alpha value is -2.39. The molecule has 0 saturated carbocycles. The zero-order chi connectivity index (χ0) is 22.9. The minimum Gasteiger partial charge on any atom is -0.356 e. The molecule has 34 heavy (non-hydrogen) atoms. The van der Waals surface area contributed by atoms with E-state index in [0.29, 0.717) is 6.04 Å². The molecular weight excluding hydrogens is 535 g/mol. The molecule has 2 aromatic carbocycles. The fourth-order valence-electron chi connectivity index (χ4n) is 4.40. The summed E-state index contributed by atoms with van der Waals surface area (Å²) in [6.07, 6.45) is 6.48. The van der Waals surface area contributed by atoms with Crippen LogP contribution in [-0.2, 0) is 13.0 Å². The number of aromatic nitrogens is 2. The molecule has 0 amide bonds. The molecule has 0 atom stereocenters. The van der Waals surface area contributed by atoms with Crippen LogP contribution < -0.4 is 10.6 Å². The number of halogens is 1. The lowest BCUT2D eigenvalue weighted by atomic mass is 10.0. The van der Waals surface area contributed by atoms with Gasteiger partial charge in [0.05, 0.1) is 11.4 Å².